The van der Waals surface area contributed by atoms with Crippen molar-refractivity contribution in [2.75, 3.05) is 47.5 Å². The molecule has 1 N–H and O–H groups in total. The molecule has 0 rings (SSSR count). The molecule has 50 heavy (non-hydrogen) atoms. The van der Waals surface area contributed by atoms with E-state index in [1.807, 2.05) is 21.1 Å². The summed E-state index contributed by atoms with van der Waals surface area (Å²) in [6.07, 6.45) is 33.6. The Morgan fingerprint density at radius 2 is 1.04 bits per heavy atom. The van der Waals surface area contributed by atoms with Gasteiger partial charge in [-0.1, -0.05) is 122 Å². The van der Waals surface area contributed by atoms with Gasteiger partial charge in [-0.25, -0.2) is 4.57 Å². The lowest BCUT2D eigenvalue weighted by Gasteiger charge is -2.24. The molecule has 2 unspecified atom stereocenters. The maximum Gasteiger partial charge on any atom is 0.472 e. The number of phosphoric ester groups is 1. The van der Waals surface area contributed by atoms with Crippen LogP contribution < -0.4 is 0 Å². The van der Waals surface area contributed by atoms with Crippen LogP contribution in [0.5, 0.6) is 0 Å². The highest BCUT2D eigenvalue weighted by atomic mass is 31.2. The first-order valence-corrected chi connectivity index (χ1v) is 21.6. The largest absolute Gasteiger partial charge is 0.472 e. The molecule has 0 aromatic rings. The number of nitrogens with zero attached hydrogens (tertiary/aromatic N) is 1. The van der Waals surface area contributed by atoms with E-state index >= 15 is 0 Å². The lowest BCUT2D eigenvalue weighted by molar-refractivity contribution is -0.870. The predicted octanol–water partition coefficient (Wildman–Crippen LogP) is 10.8. The highest BCUT2D eigenvalue weighted by Crippen LogP contribution is 2.43. The van der Waals surface area contributed by atoms with E-state index in [4.69, 9.17) is 18.5 Å². The number of carbonyl (C=O) groups is 2. The number of quaternary nitrogens is 1. The van der Waals surface area contributed by atoms with Gasteiger partial charge in [-0.3, -0.25) is 18.6 Å². The van der Waals surface area contributed by atoms with Crippen molar-refractivity contribution in [3.8, 4) is 0 Å². The van der Waals surface area contributed by atoms with Gasteiger partial charge in [0.25, 0.3) is 0 Å². The van der Waals surface area contributed by atoms with Crippen molar-refractivity contribution in [2.24, 2.45) is 0 Å². The summed E-state index contributed by atoms with van der Waals surface area (Å²) in [6, 6.07) is 0. The first-order chi connectivity index (χ1) is 24.0. The summed E-state index contributed by atoms with van der Waals surface area (Å²) in [5.41, 5.74) is 0. The molecule has 0 aromatic carbocycles. The number of carbonyl (C=O) groups excluding carboxylic acids is 2. The van der Waals surface area contributed by atoms with Gasteiger partial charge in [-0.15, -0.1) is 0 Å². The van der Waals surface area contributed by atoms with Crippen LogP contribution in [0.15, 0.2) is 24.3 Å². The van der Waals surface area contributed by atoms with E-state index in [9.17, 15) is 19.0 Å². The molecule has 0 heterocycles. The van der Waals surface area contributed by atoms with Crippen molar-refractivity contribution >= 4 is 19.8 Å². The average Bonchev–Trinajstić information content (AvgIpc) is 3.06. The summed E-state index contributed by atoms with van der Waals surface area (Å²) in [6.45, 7) is 4.35. The van der Waals surface area contributed by atoms with E-state index in [-0.39, 0.29) is 32.0 Å². The third-order valence-corrected chi connectivity index (χ3v) is 9.44. The van der Waals surface area contributed by atoms with Crippen molar-refractivity contribution in [1.29, 1.82) is 0 Å². The molecule has 0 bridgehead atoms. The Morgan fingerprint density at radius 3 is 1.54 bits per heavy atom. The molecule has 0 saturated heterocycles. The second kappa shape index (κ2) is 33.3. The van der Waals surface area contributed by atoms with Gasteiger partial charge in [0, 0.05) is 12.8 Å². The van der Waals surface area contributed by atoms with Crippen LogP contribution >= 0.6 is 7.82 Å². The minimum atomic E-state index is -4.37. The molecule has 9 nitrogen and oxygen atoms in total. The monoisotopic (exact) mass is 731 g/mol. The van der Waals surface area contributed by atoms with E-state index in [0.29, 0.717) is 17.4 Å². The molecular weight excluding hydrogens is 653 g/mol. The normalized spacial score (nSPS) is 14.0. The van der Waals surface area contributed by atoms with Crippen LogP contribution in [0, 0.1) is 0 Å². The third-order valence-electron chi connectivity index (χ3n) is 8.45. The van der Waals surface area contributed by atoms with E-state index in [1.54, 1.807) is 0 Å². The van der Waals surface area contributed by atoms with Crippen molar-refractivity contribution in [3.63, 3.8) is 0 Å². The van der Waals surface area contributed by atoms with Crippen molar-refractivity contribution in [1.82, 2.24) is 0 Å². The van der Waals surface area contributed by atoms with E-state index in [2.05, 4.69) is 38.2 Å². The first-order valence-electron chi connectivity index (χ1n) is 20.1. The topological polar surface area (TPSA) is 108 Å². The number of ether oxygens (including phenoxy) is 2. The molecule has 294 valence electrons. The van der Waals surface area contributed by atoms with Gasteiger partial charge in [0.2, 0.25) is 0 Å². The molecule has 0 aliphatic carbocycles. The van der Waals surface area contributed by atoms with Gasteiger partial charge < -0.3 is 18.9 Å². The zero-order chi connectivity index (χ0) is 37.2. The molecule has 0 fully saturated rings. The van der Waals surface area contributed by atoms with E-state index in [0.717, 1.165) is 77.0 Å². The van der Waals surface area contributed by atoms with Crippen LogP contribution in [0.4, 0.5) is 0 Å². The van der Waals surface area contributed by atoms with Crippen molar-refractivity contribution < 1.29 is 42.1 Å². The van der Waals surface area contributed by atoms with Gasteiger partial charge >= 0.3 is 19.8 Å². The molecule has 0 aromatic heterocycles. The molecule has 2 atom stereocenters. The lowest BCUT2D eigenvalue weighted by atomic mass is 10.1. The Labute approximate surface area is 307 Å². The zero-order valence-electron chi connectivity index (χ0n) is 32.9. The van der Waals surface area contributed by atoms with Crippen molar-refractivity contribution in [2.45, 2.75) is 174 Å². The number of likely N-dealkylation sites (N-methyl/N-ethyl adjacent to an activating group) is 1. The van der Waals surface area contributed by atoms with Crippen LogP contribution in [-0.4, -0.2) is 74.9 Å². The Balaban J connectivity index is 4.43. The number of unbranched alkanes of at least 4 members (excludes halogenated alkanes) is 18. The molecular formula is C40H77NO8P+. The maximum atomic E-state index is 12.6. The second-order valence-electron chi connectivity index (χ2n) is 14.7. The van der Waals surface area contributed by atoms with Crippen LogP contribution in [0.1, 0.15) is 168 Å². The van der Waals surface area contributed by atoms with Crippen LogP contribution in [-0.2, 0) is 32.7 Å². The van der Waals surface area contributed by atoms with Gasteiger partial charge in [0.05, 0.1) is 27.7 Å². The molecule has 0 saturated carbocycles. The Morgan fingerprint density at radius 1 is 0.600 bits per heavy atom. The van der Waals surface area contributed by atoms with Crippen LogP contribution in [0.2, 0.25) is 0 Å². The van der Waals surface area contributed by atoms with E-state index < -0.39 is 26.5 Å². The third kappa shape index (κ3) is 36.3. The molecule has 0 radical (unpaired) electrons. The average molecular weight is 731 g/mol. The van der Waals surface area contributed by atoms with Gasteiger partial charge in [0.15, 0.2) is 6.10 Å². The number of hydrogen-bond acceptors (Lipinski definition) is 7. The summed E-state index contributed by atoms with van der Waals surface area (Å²) in [7, 11) is 1.47. The van der Waals surface area contributed by atoms with Gasteiger partial charge in [-0.2, -0.15) is 0 Å². The highest BCUT2D eigenvalue weighted by molar-refractivity contribution is 7.47. The number of phosphoric acid groups is 1. The zero-order valence-corrected chi connectivity index (χ0v) is 33.8. The van der Waals surface area contributed by atoms with Crippen LogP contribution in [0.25, 0.3) is 0 Å². The molecule has 0 aliphatic heterocycles. The Kier molecular flexibility index (Phi) is 32.3. The number of allylic oxidation sites excluding steroid dienone is 4. The van der Waals surface area contributed by atoms with Gasteiger partial charge in [0.1, 0.15) is 19.8 Å². The molecule has 10 heteroatoms. The summed E-state index contributed by atoms with van der Waals surface area (Å²) in [4.78, 5) is 35.2. The minimum absolute atomic E-state index is 0.0296. The Hall–Kier alpha value is -1.51. The van der Waals surface area contributed by atoms with Crippen LogP contribution in [0.3, 0.4) is 0 Å². The maximum absolute atomic E-state index is 12.6. The van der Waals surface area contributed by atoms with Crippen molar-refractivity contribution in [3.05, 3.63) is 24.3 Å². The molecule has 0 spiro atoms. The lowest BCUT2D eigenvalue weighted by Crippen LogP contribution is -2.37. The highest BCUT2D eigenvalue weighted by Gasteiger charge is 2.27. The summed E-state index contributed by atoms with van der Waals surface area (Å²) >= 11 is 0. The fraction of sp³-hybridized carbons (Fsp3) is 0.850. The smallest absolute Gasteiger partial charge is 0.462 e. The second-order valence-corrected chi connectivity index (χ2v) is 16.1. The number of rotatable bonds is 36. The van der Waals surface area contributed by atoms with Gasteiger partial charge in [-0.05, 0) is 57.8 Å². The predicted molar refractivity (Wildman–Crippen MR) is 206 cm³/mol. The SMILES string of the molecule is CCCC/C=C\CCCCCCCC(=O)OCC(COP(=O)(O)OCC[N+](C)(C)C)OC(=O)CCCCCCC/C=C\CCCCCCCC. The number of hydrogen-bond donors (Lipinski definition) is 1. The summed E-state index contributed by atoms with van der Waals surface area (Å²) < 4.78 is 34.2. The fourth-order valence-electron chi connectivity index (χ4n) is 5.22. The molecule has 0 amide bonds. The number of esters is 2. The first kappa shape index (κ1) is 48.5. The standard InChI is InChI=1S/C40H76NO8P/c1-6-8-10-12-14-16-18-19-20-21-23-25-27-29-31-33-40(43)49-38(37-48-50(44,45)47-35-34-41(3,4)5)36-46-39(42)32-30-28-26-24-22-17-15-13-11-9-7-2/h13,15,19-20,38H,6-12,14,16-18,21-37H2,1-5H3/p+1/b15-13-,20-19-. The molecule has 0 aliphatic rings. The fourth-order valence-corrected chi connectivity index (χ4v) is 5.96. The van der Waals surface area contributed by atoms with E-state index in [1.165, 1.54) is 57.8 Å². The minimum Gasteiger partial charge on any atom is -0.462 e. The Bertz CT molecular complexity index is 918. The quantitative estimate of drug-likeness (QED) is 0.0223. The summed E-state index contributed by atoms with van der Waals surface area (Å²) in [5, 5.41) is 0. The summed E-state index contributed by atoms with van der Waals surface area (Å²) in [5.74, 6) is -0.820.